The van der Waals surface area contributed by atoms with Crippen molar-refractivity contribution in [3.8, 4) is 0 Å². The van der Waals surface area contributed by atoms with E-state index in [1.54, 1.807) is 24.3 Å². The number of rotatable bonds is 4. The number of thiophene rings is 1. The Morgan fingerprint density at radius 3 is 2.38 bits per heavy atom. The monoisotopic (exact) mass is 411 g/mol. The van der Waals surface area contributed by atoms with Crippen LogP contribution in [0.15, 0.2) is 24.3 Å². The molecule has 2 aliphatic rings. The van der Waals surface area contributed by atoms with Crippen molar-refractivity contribution in [2.24, 2.45) is 11.7 Å². The molecule has 1 aliphatic carbocycles. The highest BCUT2D eigenvalue weighted by Crippen LogP contribution is 2.39. The van der Waals surface area contributed by atoms with E-state index in [0.717, 1.165) is 34.6 Å². The smallest absolute Gasteiger partial charge is 0.256 e. The molecule has 0 unspecified atom stereocenters. The second-order valence-corrected chi connectivity index (χ2v) is 8.65. The summed E-state index contributed by atoms with van der Waals surface area (Å²) in [6.07, 6.45) is 3.07. The number of hydrogen-bond acceptors (Lipinski definition) is 5. The zero-order valence-electron chi connectivity index (χ0n) is 16.0. The number of benzene rings is 1. The van der Waals surface area contributed by atoms with Crippen LogP contribution < -0.4 is 16.0 Å². The normalized spacial score (nSPS) is 18.7. The maximum Gasteiger partial charge on any atom is 0.256 e. The number of hydrogen-bond donors (Lipinski definition) is 2. The minimum atomic E-state index is -0.534. The van der Waals surface area contributed by atoms with Crippen LogP contribution in [0.1, 0.15) is 57.3 Å². The zero-order valence-corrected chi connectivity index (χ0v) is 16.8. The van der Waals surface area contributed by atoms with Crippen LogP contribution >= 0.6 is 11.3 Å². The van der Waals surface area contributed by atoms with E-state index >= 15 is 0 Å². The Bertz CT molecular complexity index is 1010. The number of nitrogens with two attached hydrogens (primary N) is 1. The highest BCUT2D eigenvalue weighted by molar-refractivity contribution is 7.17. The average molecular weight is 411 g/mol. The number of anilines is 2. The third-order valence-electron chi connectivity index (χ3n) is 5.42. The van der Waals surface area contributed by atoms with Gasteiger partial charge in [-0.2, -0.15) is 0 Å². The van der Waals surface area contributed by atoms with Gasteiger partial charge >= 0.3 is 0 Å². The minimum Gasteiger partial charge on any atom is -0.365 e. The Morgan fingerprint density at radius 1 is 1.10 bits per heavy atom. The highest BCUT2D eigenvalue weighted by Gasteiger charge is 2.30. The van der Waals surface area contributed by atoms with Gasteiger partial charge < -0.3 is 11.1 Å². The summed E-state index contributed by atoms with van der Waals surface area (Å²) in [6.45, 7) is 2.17. The van der Waals surface area contributed by atoms with E-state index < -0.39 is 5.91 Å². The van der Waals surface area contributed by atoms with E-state index in [1.165, 1.54) is 11.3 Å². The summed E-state index contributed by atoms with van der Waals surface area (Å²) in [6, 6.07) is 6.27. The summed E-state index contributed by atoms with van der Waals surface area (Å²) in [5.74, 6) is -0.846. The van der Waals surface area contributed by atoms with Crippen LogP contribution in [0.5, 0.6) is 0 Å². The number of nitrogens with zero attached hydrogens (tertiary/aromatic N) is 1. The molecule has 29 heavy (non-hydrogen) atoms. The summed E-state index contributed by atoms with van der Waals surface area (Å²) in [5.41, 5.74) is 7.78. The van der Waals surface area contributed by atoms with Gasteiger partial charge in [-0.3, -0.25) is 24.1 Å². The van der Waals surface area contributed by atoms with E-state index in [1.807, 2.05) is 0 Å². The molecule has 4 amide bonds. The molecule has 2 heterocycles. The van der Waals surface area contributed by atoms with Gasteiger partial charge in [-0.05, 0) is 55.0 Å². The second kappa shape index (κ2) is 7.44. The van der Waals surface area contributed by atoms with Gasteiger partial charge in [-0.25, -0.2) is 0 Å². The number of nitrogens with one attached hydrogen (secondary N) is 1. The van der Waals surface area contributed by atoms with Gasteiger partial charge in [-0.1, -0.05) is 6.92 Å². The average Bonchev–Trinajstić information content (AvgIpc) is 3.20. The van der Waals surface area contributed by atoms with Gasteiger partial charge in [0, 0.05) is 23.3 Å². The Balaban J connectivity index is 1.56. The molecule has 3 N–H and O–H groups in total. The van der Waals surface area contributed by atoms with Gasteiger partial charge in [0.05, 0.1) is 11.3 Å². The molecule has 150 valence electrons. The van der Waals surface area contributed by atoms with Crippen molar-refractivity contribution in [1.29, 1.82) is 0 Å². The summed E-state index contributed by atoms with van der Waals surface area (Å²) in [4.78, 5) is 50.7. The van der Waals surface area contributed by atoms with E-state index in [-0.39, 0.29) is 30.6 Å². The lowest BCUT2D eigenvalue weighted by molar-refractivity contribution is -0.121. The van der Waals surface area contributed by atoms with Crippen LogP contribution in [-0.2, 0) is 22.4 Å². The molecule has 1 aromatic carbocycles. The van der Waals surface area contributed by atoms with Crippen molar-refractivity contribution in [2.75, 3.05) is 10.2 Å². The molecule has 0 radical (unpaired) electrons. The fraction of sp³-hybridized carbons (Fsp3) is 0.333. The van der Waals surface area contributed by atoms with Crippen LogP contribution in [0.4, 0.5) is 10.7 Å². The molecule has 0 bridgehead atoms. The van der Waals surface area contributed by atoms with Crippen LogP contribution in [-0.4, -0.2) is 23.6 Å². The van der Waals surface area contributed by atoms with Gasteiger partial charge in [0.15, 0.2) is 0 Å². The Labute approximate surface area is 171 Å². The highest BCUT2D eigenvalue weighted by atomic mass is 32.1. The van der Waals surface area contributed by atoms with Crippen LogP contribution in [0.3, 0.4) is 0 Å². The standard InChI is InChI=1S/C21H21N3O4S/c1-11-2-7-14-15(10-11)29-21(18(14)19(22)27)23-20(28)12-3-5-13(6-4-12)24-16(25)8-9-17(24)26/h3-6,11H,2,7-10H2,1H3,(H2,22,27)(H,23,28)/t11-/m0/s1. The lowest BCUT2D eigenvalue weighted by Gasteiger charge is -2.18. The number of primary amides is 1. The van der Waals surface area contributed by atoms with E-state index in [0.29, 0.717) is 27.7 Å². The van der Waals surface area contributed by atoms with Crippen molar-refractivity contribution in [3.63, 3.8) is 0 Å². The molecule has 1 aliphatic heterocycles. The van der Waals surface area contributed by atoms with Gasteiger partial charge in [0.1, 0.15) is 5.00 Å². The molecule has 2 aromatic rings. The fourth-order valence-electron chi connectivity index (χ4n) is 3.90. The van der Waals surface area contributed by atoms with Crippen LogP contribution in [0.2, 0.25) is 0 Å². The predicted octanol–water partition coefficient (Wildman–Crippen LogP) is 2.88. The second-order valence-electron chi connectivity index (χ2n) is 7.54. The van der Waals surface area contributed by atoms with Crippen molar-refractivity contribution in [2.45, 2.75) is 39.0 Å². The number of carbonyl (C=O) groups excluding carboxylic acids is 4. The van der Waals surface area contributed by atoms with Gasteiger partial charge in [-0.15, -0.1) is 11.3 Å². The van der Waals surface area contributed by atoms with Gasteiger partial charge in [0.2, 0.25) is 11.8 Å². The summed E-state index contributed by atoms with van der Waals surface area (Å²) >= 11 is 1.41. The van der Waals surface area contributed by atoms with E-state index in [2.05, 4.69) is 12.2 Å². The molecule has 4 rings (SSSR count). The zero-order chi connectivity index (χ0) is 20.7. The maximum absolute atomic E-state index is 12.7. The molecule has 1 saturated heterocycles. The first kappa shape index (κ1) is 19.3. The molecule has 1 atom stereocenters. The fourth-order valence-corrected chi connectivity index (χ4v) is 5.31. The topological polar surface area (TPSA) is 110 Å². The first-order valence-electron chi connectivity index (χ1n) is 9.56. The van der Waals surface area contributed by atoms with Crippen molar-refractivity contribution < 1.29 is 19.2 Å². The molecule has 0 spiro atoms. The maximum atomic E-state index is 12.7. The first-order valence-corrected chi connectivity index (χ1v) is 10.4. The van der Waals surface area contributed by atoms with E-state index in [4.69, 9.17) is 5.73 Å². The summed E-state index contributed by atoms with van der Waals surface area (Å²) < 4.78 is 0. The molecular formula is C21H21N3O4S. The molecule has 1 fully saturated rings. The van der Waals surface area contributed by atoms with E-state index in [9.17, 15) is 19.2 Å². The minimum absolute atomic E-state index is 0.207. The first-order chi connectivity index (χ1) is 13.8. The van der Waals surface area contributed by atoms with Crippen molar-refractivity contribution in [3.05, 3.63) is 45.8 Å². The van der Waals surface area contributed by atoms with Gasteiger partial charge in [0.25, 0.3) is 11.8 Å². The Hall–Kier alpha value is -3.00. The van der Waals surface area contributed by atoms with Crippen molar-refractivity contribution in [1.82, 2.24) is 0 Å². The van der Waals surface area contributed by atoms with Crippen LogP contribution in [0, 0.1) is 5.92 Å². The molecular weight excluding hydrogens is 390 g/mol. The predicted molar refractivity (Wildman–Crippen MR) is 110 cm³/mol. The third kappa shape index (κ3) is 3.55. The molecule has 1 aromatic heterocycles. The van der Waals surface area contributed by atoms with Crippen molar-refractivity contribution >= 4 is 45.7 Å². The Morgan fingerprint density at radius 2 is 1.76 bits per heavy atom. The number of imide groups is 1. The number of amides is 4. The summed E-state index contributed by atoms with van der Waals surface area (Å²) in [5, 5.41) is 3.30. The molecule has 7 nitrogen and oxygen atoms in total. The SMILES string of the molecule is C[C@H]1CCc2c(sc(NC(=O)c3ccc(N4C(=O)CCC4=O)cc3)c2C(N)=O)C1. The lowest BCUT2D eigenvalue weighted by Crippen LogP contribution is -2.28. The molecule has 8 heteroatoms. The molecule has 0 saturated carbocycles. The number of carbonyl (C=O) groups is 4. The summed E-state index contributed by atoms with van der Waals surface area (Å²) in [7, 11) is 0. The quantitative estimate of drug-likeness (QED) is 0.754. The lowest BCUT2D eigenvalue weighted by atomic mass is 9.88. The van der Waals surface area contributed by atoms with Crippen LogP contribution in [0.25, 0.3) is 0 Å². The number of fused-ring (bicyclic) bond motifs is 1. The third-order valence-corrected chi connectivity index (χ3v) is 6.59. The Kier molecular flexibility index (Phi) is 4.96. The largest absolute Gasteiger partial charge is 0.365 e.